The van der Waals surface area contributed by atoms with Crippen LogP contribution in [0, 0.1) is 0 Å². The first-order valence-corrected chi connectivity index (χ1v) is 14.6. The average Bonchev–Trinajstić information content (AvgIpc) is 2.93. The Hall–Kier alpha value is -3.88. The standard InChI is InChI=1S/C30H30ClN3O4S/c1-32-30(36)28(19-22-10-4-3-5-11-22)33(20-23-12-8-15-25(31)18-23)29(35)21-34(39(2,37)38)27-17-9-14-24-13-6-7-16-26(24)27/h3-18,28H,19-21H2,1-2H3,(H,32,36)/t28-/m0/s1. The van der Waals surface area contributed by atoms with Crippen molar-refractivity contribution in [3.05, 3.63) is 113 Å². The largest absolute Gasteiger partial charge is 0.357 e. The number of likely N-dealkylation sites (N-methyl/N-ethyl adjacent to an activating group) is 1. The van der Waals surface area contributed by atoms with E-state index in [1.807, 2.05) is 66.7 Å². The second-order valence-electron chi connectivity index (χ2n) is 9.24. The summed E-state index contributed by atoms with van der Waals surface area (Å²) in [5, 5.41) is 4.71. The lowest BCUT2D eigenvalue weighted by Crippen LogP contribution is -2.52. The highest BCUT2D eigenvalue weighted by molar-refractivity contribution is 7.92. The molecule has 0 spiro atoms. The molecule has 9 heteroatoms. The van der Waals surface area contributed by atoms with Gasteiger partial charge in [0.15, 0.2) is 0 Å². The second-order valence-corrected chi connectivity index (χ2v) is 11.6. The van der Waals surface area contributed by atoms with Gasteiger partial charge in [-0.15, -0.1) is 0 Å². The molecule has 0 saturated heterocycles. The molecule has 0 radical (unpaired) electrons. The van der Waals surface area contributed by atoms with Gasteiger partial charge in [0, 0.05) is 30.4 Å². The van der Waals surface area contributed by atoms with Crippen molar-refractivity contribution in [2.24, 2.45) is 0 Å². The number of benzene rings is 4. The molecule has 0 aromatic heterocycles. The molecule has 1 N–H and O–H groups in total. The van der Waals surface area contributed by atoms with Crippen molar-refractivity contribution < 1.29 is 18.0 Å². The number of sulfonamides is 1. The number of halogens is 1. The molecule has 0 fully saturated rings. The van der Waals surface area contributed by atoms with E-state index in [0.717, 1.165) is 21.5 Å². The number of nitrogens with one attached hydrogen (secondary N) is 1. The van der Waals surface area contributed by atoms with E-state index in [1.54, 1.807) is 30.3 Å². The molecule has 7 nitrogen and oxygen atoms in total. The molecule has 4 aromatic rings. The summed E-state index contributed by atoms with van der Waals surface area (Å²) in [5.41, 5.74) is 1.98. The van der Waals surface area contributed by atoms with Gasteiger partial charge >= 0.3 is 0 Å². The SMILES string of the molecule is CNC(=O)[C@H](Cc1ccccc1)N(Cc1cccc(Cl)c1)C(=O)CN(c1cccc2ccccc12)S(C)(=O)=O. The number of nitrogens with zero attached hydrogens (tertiary/aromatic N) is 2. The van der Waals surface area contributed by atoms with Gasteiger partial charge in [-0.2, -0.15) is 0 Å². The van der Waals surface area contributed by atoms with Crippen molar-refractivity contribution in [2.45, 2.75) is 19.0 Å². The van der Waals surface area contributed by atoms with E-state index >= 15 is 0 Å². The van der Waals surface area contributed by atoms with Crippen molar-refractivity contribution in [2.75, 3.05) is 24.2 Å². The molecule has 0 unspecified atom stereocenters. The number of anilines is 1. The van der Waals surface area contributed by atoms with Gasteiger partial charge in [0.2, 0.25) is 21.8 Å². The van der Waals surface area contributed by atoms with Gasteiger partial charge in [0.05, 0.1) is 11.9 Å². The minimum absolute atomic E-state index is 0.0669. The van der Waals surface area contributed by atoms with Crippen LogP contribution in [0.3, 0.4) is 0 Å². The van der Waals surface area contributed by atoms with Crippen LogP contribution in [-0.4, -0.2) is 51.0 Å². The van der Waals surface area contributed by atoms with Crippen molar-refractivity contribution in [1.82, 2.24) is 10.2 Å². The first-order chi connectivity index (χ1) is 18.7. The minimum atomic E-state index is -3.86. The Bertz CT molecular complexity index is 1570. The summed E-state index contributed by atoms with van der Waals surface area (Å²) >= 11 is 6.22. The van der Waals surface area contributed by atoms with Gasteiger partial charge in [-0.1, -0.05) is 90.5 Å². The number of rotatable bonds is 10. The first kappa shape index (κ1) is 28.1. The molecular weight excluding hydrogens is 534 g/mol. The molecule has 0 saturated carbocycles. The Balaban J connectivity index is 1.77. The van der Waals surface area contributed by atoms with Crippen molar-refractivity contribution in [3.8, 4) is 0 Å². The maximum Gasteiger partial charge on any atom is 0.244 e. The number of hydrogen-bond acceptors (Lipinski definition) is 4. The maximum absolute atomic E-state index is 14.1. The third-order valence-corrected chi connectivity index (χ3v) is 7.84. The predicted octanol–water partition coefficient (Wildman–Crippen LogP) is 4.65. The fraction of sp³-hybridized carbons (Fsp3) is 0.200. The third-order valence-electron chi connectivity index (χ3n) is 6.47. The Morgan fingerprint density at radius 2 is 1.51 bits per heavy atom. The zero-order chi connectivity index (χ0) is 28.0. The molecule has 39 heavy (non-hydrogen) atoms. The van der Waals surface area contributed by atoms with E-state index in [4.69, 9.17) is 11.6 Å². The Labute approximate surface area is 234 Å². The van der Waals surface area contributed by atoms with Gasteiger partial charge in [-0.3, -0.25) is 13.9 Å². The lowest BCUT2D eigenvalue weighted by molar-refractivity contribution is -0.139. The second kappa shape index (κ2) is 12.3. The normalized spacial score (nSPS) is 12.1. The smallest absolute Gasteiger partial charge is 0.244 e. The number of amides is 2. The Kier molecular flexibility index (Phi) is 8.89. The first-order valence-electron chi connectivity index (χ1n) is 12.4. The van der Waals surface area contributed by atoms with Crippen LogP contribution in [0.25, 0.3) is 10.8 Å². The molecule has 4 aromatic carbocycles. The Morgan fingerprint density at radius 1 is 0.872 bits per heavy atom. The number of hydrogen-bond donors (Lipinski definition) is 1. The van der Waals surface area contributed by atoms with E-state index in [9.17, 15) is 18.0 Å². The molecule has 0 aliphatic carbocycles. The average molecular weight is 564 g/mol. The summed E-state index contributed by atoms with van der Waals surface area (Å²) in [4.78, 5) is 28.7. The van der Waals surface area contributed by atoms with Crippen LogP contribution in [0.2, 0.25) is 5.02 Å². The summed E-state index contributed by atoms with van der Waals surface area (Å²) in [6, 6.07) is 28.2. The molecule has 0 heterocycles. The van der Waals surface area contributed by atoms with E-state index in [-0.39, 0.29) is 18.9 Å². The fourth-order valence-corrected chi connectivity index (χ4v) is 5.65. The van der Waals surface area contributed by atoms with Crippen LogP contribution in [0.15, 0.2) is 97.1 Å². The fourth-order valence-electron chi connectivity index (χ4n) is 4.57. The van der Waals surface area contributed by atoms with Crippen molar-refractivity contribution >= 4 is 49.9 Å². The zero-order valence-electron chi connectivity index (χ0n) is 21.7. The van der Waals surface area contributed by atoms with Gasteiger partial charge in [-0.05, 0) is 34.7 Å². The lowest BCUT2D eigenvalue weighted by atomic mass is 10.0. The number of fused-ring (bicyclic) bond motifs is 1. The highest BCUT2D eigenvalue weighted by Gasteiger charge is 2.33. The molecule has 1 atom stereocenters. The van der Waals surface area contributed by atoms with E-state index in [2.05, 4.69) is 5.32 Å². The predicted molar refractivity (Wildman–Crippen MR) is 156 cm³/mol. The Morgan fingerprint density at radius 3 is 2.21 bits per heavy atom. The quantitative estimate of drug-likeness (QED) is 0.304. The molecule has 0 aliphatic rings. The topological polar surface area (TPSA) is 86.8 Å². The molecule has 202 valence electrons. The zero-order valence-corrected chi connectivity index (χ0v) is 23.3. The number of carbonyl (C=O) groups is 2. The van der Waals surface area contributed by atoms with Crippen molar-refractivity contribution in [3.63, 3.8) is 0 Å². The lowest BCUT2D eigenvalue weighted by Gasteiger charge is -2.33. The van der Waals surface area contributed by atoms with E-state index in [0.29, 0.717) is 21.7 Å². The van der Waals surface area contributed by atoms with Gasteiger partial charge in [0.1, 0.15) is 12.6 Å². The van der Waals surface area contributed by atoms with E-state index in [1.165, 1.54) is 11.9 Å². The third kappa shape index (κ3) is 6.96. The molecule has 4 rings (SSSR count). The van der Waals surface area contributed by atoms with Gasteiger partial charge in [-0.25, -0.2) is 8.42 Å². The van der Waals surface area contributed by atoms with Crippen LogP contribution < -0.4 is 9.62 Å². The summed E-state index contributed by atoms with van der Waals surface area (Å²) in [7, 11) is -2.35. The molecule has 0 bridgehead atoms. The van der Waals surface area contributed by atoms with E-state index < -0.39 is 28.5 Å². The highest BCUT2D eigenvalue weighted by atomic mass is 35.5. The summed E-state index contributed by atoms with van der Waals surface area (Å²) in [6.07, 6.45) is 1.32. The van der Waals surface area contributed by atoms with Crippen LogP contribution >= 0.6 is 11.6 Å². The summed E-state index contributed by atoms with van der Waals surface area (Å²) < 4.78 is 27.2. The minimum Gasteiger partial charge on any atom is -0.357 e. The number of carbonyl (C=O) groups excluding carboxylic acids is 2. The van der Waals surface area contributed by atoms with Gasteiger partial charge in [0.25, 0.3) is 0 Å². The molecule has 2 amide bonds. The summed E-state index contributed by atoms with van der Waals surface area (Å²) in [5.74, 6) is -0.872. The monoisotopic (exact) mass is 563 g/mol. The summed E-state index contributed by atoms with van der Waals surface area (Å²) in [6.45, 7) is -0.410. The molecule has 0 aliphatic heterocycles. The van der Waals surface area contributed by atoms with Gasteiger partial charge < -0.3 is 10.2 Å². The van der Waals surface area contributed by atoms with Crippen LogP contribution in [-0.2, 0) is 32.6 Å². The van der Waals surface area contributed by atoms with Crippen LogP contribution in [0.1, 0.15) is 11.1 Å². The maximum atomic E-state index is 14.1. The molecular formula is C30H30ClN3O4S. The highest BCUT2D eigenvalue weighted by Crippen LogP contribution is 2.29. The van der Waals surface area contributed by atoms with Crippen LogP contribution in [0.5, 0.6) is 0 Å². The van der Waals surface area contributed by atoms with Crippen molar-refractivity contribution in [1.29, 1.82) is 0 Å². The van der Waals surface area contributed by atoms with Crippen LogP contribution in [0.4, 0.5) is 5.69 Å².